The van der Waals surface area contributed by atoms with Crippen LogP contribution in [0.1, 0.15) is 25.3 Å². The first kappa shape index (κ1) is 22.1. The van der Waals surface area contributed by atoms with Crippen LogP contribution in [0.15, 0.2) is 64.5 Å². The summed E-state index contributed by atoms with van der Waals surface area (Å²) < 4.78 is 33.1. The first-order valence-corrected chi connectivity index (χ1v) is 11.8. The number of aliphatic imine (C=N–C) groups is 1. The van der Waals surface area contributed by atoms with Gasteiger partial charge in [0.25, 0.3) is 0 Å². The maximum Gasteiger partial charge on any atom is 0.240 e. The van der Waals surface area contributed by atoms with Crippen molar-refractivity contribution in [1.29, 1.82) is 0 Å². The molecular formula is C22H30N4O3S. The summed E-state index contributed by atoms with van der Waals surface area (Å²) in [5, 5.41) is 6.35. The van der Waals surface area contributed by atoms with E-state index in [1.54, 1.807) is 30.3 Å². The molecule has 0 spiro atoms. The first-order chi connectivity index (χ1) is 14.6. The molecule has 162 valence electrons. The van der Waals surface area contributed by atoms with Gasteiger partial charge in [0.1, 0.15) is 5.75 Å². The predicted octanol–water partition coefficient (Wildman–Crippen LogP) is 2.51. The van der Waals surface area contributed by atoms with Gasteiger partial charge in [-0.25, -0.2) is 18.1 Å². The van der Waals surface area contributed by atoms with Crippen molar-refractivity contribution in [2.75, 3.05) is 26.2 Å². The highest BCUT2D eigenvalue weighted by Crippen LogP contribution is 2.30. The van der Waals surface area contributed by atoms with E-state index in [4.69, 9.17) is 4.74 Å². The third-order valence-electron chi connectivity index (χ3n) is 4.66. The molecule has 3 N–H and O–H groups in total. The molecule has 0 heterocycles. The topological polar surface area (TPSA) is 91.8 Å². The van der Waals surface area contributed by atoms with Crippen molar-refractivity contribution < 1.29 is 13.2 Å². The van der Waals surface area contributed by atoms with Crippen LogP contribution >= 0.6 is 0 Å². The Kier molecular flexibility index (Phi) is 8.10. The van der Waals surface area contributed by atoms with Crippen LogP contribution in [0.4, 0.5) is 0 Å². The lowest BCUT2D eigenvalue weighted by Gasteiger charge is -2.13. The third-order valence-corrected chi connectivity index (χ3v) is 6.14. The van der Waals surface area contributed by atoms with Crippen LogP contribution in [-0.2, 0) is 16.6 Å². The van der Waals surface area contributed by atoms with E-state index in [1.807, 2.05) is 31.2 Å². The predicted molar refractivity (Wildman–Crippen MR) is 119 cm³/mol. The lowest BCUT2D eigenvalue weighted by molar-refractivity contribution is 0.297. The summed E-state index contributed by atoms with van der Waals surface area (Å²) in [5.41, 5.74) is 1.03. The number of hydrogen-bond acceptors (Lipinski definition) is 4. The Bertz CT molecular complexity index is 928. The van der Waals surface area contributed by atoms with Crippen molar-refractivity contribution in [3.05, 3.63) is 60.2 Å². The van der Waals surface area contributed by atoms with Crippen molar-refractivity contribution in [1.82, 2.24) is 15.4 Å². The Morgan fingerprint density at radius 3 is 2.50 bits per heavy atom. The van der Waals surface area contributed by atoms with Crippen molar-refractivity contribution in [2.45, 2.75) is 31.2 Å². The second kappa shape index (κ2) is 11.0. The number of guanidine groups is 1. The molecule has 7 nitrogen and oxygen atoms in total. The monoisotopic (exact) mass is 430 g/mol. The normalized spacial score (nSPS) is 14.4. The molecule has 30 heavy (non-hydrogen) atoms. The summed E-state index contributed by atoms with van der Waals surface area (Å²) in [5.74, 6) is 2.20. The van der Waals surface area contributed by atoms with Crippen molar-refractivity contribution in [3.8, 4) is 5.75 Å². The number of ether oxygens (including phenoxy) is 1. The van der Waals surface area contributed by atoms with E-state index < -0.39 is 10.0 Å². The fourth-order valence-electron chi connectivity index (χ4n) is 2.82. The van der Waals surface area contributed by atoms with E-state index in [2.05, 4.69) is 20.3 Å². The van der Waals surface area contributed by atoms with Crippen LogP contribution < -0.4 is 20.1 Å². The molecule has 2 aromatic carbocycles. The molecule has 8 heteroatoms. The van der Waals surface area contributed by atoms with Gasteiger partial charge in [0.05, 0.1) is 18.0 Å². The fourth-order valence-corrected chi connectivity index (χ4v) is 3.88. The lowest BCUT2D eigenvalue weighted by atomic mass is 10.2. The Hall–Kier alpha value is -2.58. The second-order valence-corrected chi connectivity index (χ2v) is 8.96. The van der Waals surface area contributed by atoms with Crippen LogP contribution in [0.2, 0.25) is 0 Å². The molecule has 2 aromatic rings. The summed E-state index contributed by atoms with van der Waals surface area (Å²) in [6.45, 7) is 4.61. The molecule has 1 aliphatic rings. The summed E-state index contributed by atoms with van der Waals surface area (Å²) in [6.07, 6.45) is 2.51. The summed E-state index contributed by atoms with van der Waals surface area (Å²) in [7, 11) is -3.51. The van der Waals surface area contributed by atoms with Crippen molar-refractivity contribution in [2.24, 2.45) is 10.9 Å². The van der Waals surface area contributed by atoms with Gasteiger partial charge in [-0.3, -0.25) is 0 Å². The Labute approximate surface area is 179 Å². The summed E-state index contributed by atoms with van der Waals surface area (Å²) in [6, 6.07) is 16.3. The van der Waals surface area contributed by atoms with E-state index >= 15 is 0 Å². The molecule has 3 rings (SSSR count). The van der Waals surface area contributed by atoms with Crippen LogP contribution in [0.25, 0.3) is 0 Å². The van der Waals surface area contributed by atoms with E-state index in [-0.39, 0.29) is 11.4 Å². The number of para-hydroxylation sites is 1. The highest BCUT2D eigenvalue weighted by atomic mass is 32.2. The van der Waals surface area contributed by atoms with Crippen molar-refractivity contribution in [3.63, 3.8) is 0 Å². The number of rotatable bonds is 11. The Balaban J connectivity index is 1.51. The average Bonchev–Trinajstić information content (AvgIpc) is 3.59. The molecule has 0 saturated heterocycles. The van der Waals surface area contributed by atoms with E-state index in [0.29, 0.717) is 31.5 Å². The molecule has 0 unspecified atom stereocenters. The Morgan fingerprint density at radius 1 is 1.03 bits per heavy atom. The van der Waals surface area contributed by atoms with Gasteiger partial charge in [-0.1, -0.05) is 36.4 Å². The summed E-state index contributed by atoms with van der Waals surface area (Å²) in [4.78, 5) is 4.87. The molecule has 1 aliphatic carbocycles. The molecule has 0 aliphatic heterocycles. The van der Waals surface area contributed by atoms with Gasteiger partial charge in [0, 0.05) is 25.2 Å². The van der Waals surface area contributed by atoms with E-state index in [1.165, 1.54) is 12.8 Å². The largest absolute Gasteiger partial charge is 0.493 e. The van der Waals surface area contributed by atoms with Gasteiger partial charge in [-0.15, -0.1) is 0 Å². The number of nitrogens with one attached hydrogen (secondary N) is 3. The minimum absolute atomic E-state index is 0.253. The zero-order valence-corrected chi connectivity index (χ0v) is 18.1. The van der Waals surface area contributed by atoms with Gasteiger partial charge in [0.15, 0.2) is 5.96 Å². The molecule has 0 amide bonds. The SMILES string of the molecule is CCNC(=NCc1ccccc1OCC1CC1)NCCNS(=O)(=O)c1ccccc1. The molecule has 1 fully saturated rings. The quantitative estimate of drug-likeness (QED) is 0.289. The minimum atomic E-state index is -3.51. The van der Waals surface area contributed by atoms with Gasteiger partial charge < -0.3 is 15.4 Å². The highest BCUT2D eigenvalue weighted by Gasteiger charge is 2.22. The van der Waals surface area contributed by atoms with Gasteiger partial charge in [-0.2, -0.15) is 0 Å². The average molecular weight is 431 g/mol. The number of nitrogens with zero attached hydrogens (tertiary/aromatic N) is 1. The van der Waals surface area contributed by atoms with Crippen molar-refractivity contribution >= 4 is 16.0 Å². The highest BCUT2D eigenvalue weighted by molar-refractivity contribution is 7.89. The Morgan fingerprint density at radius 2 is 1.77 bits per heavy atom. The first-order valence-electron chi connectivity index (χ1n) is 10.4. The maximum atomic E-state index is 12.3. The molecule has 0 bridgehead atoms. The maximum absolute atomic E-state index is 12.3. The van der Waals surface area contributed by atoms with Gasteiger partial charge >= 0.3 is 0 Å². The third kappa shape index (κ3) is 7.03. The zero-order chi connectivity index (χ0) is 21.2. The number of hydrogen-bond donors (Lipinski definition) is 3. The second-order valence-electron chi connectivity index (χ2n) is 7.19. The van der Waals surface area contributed by atoms with Gasteiger partial charge in [-0.05, 0) is 43.9 Å². The molecule has 0 radical (unpaired) electrons. The molecular weight excluding hydrogens is 400 g/mol. The summed E-state index contributed by atoms with van der Waals surface area (Å²) >= 11 is 0. The molecule has 0 aromatic heterocycles. The zero-order valence-electron chi connectivity index (χ0n) is 17.3. The fraction of sp³-hybridized carbons (Fsp3) is 0.409. The minimum Gasteiger partial charge on any atom is -0.493 e. The molecule has 1 saturated carbocycles. The van der Waals surface area contributed by atoms with Crippen LogP contribution in [0.3, 0.4) is 0 Å². The van der Waals surface area contributed by atoms with Crippen LogP contribution in [0.5, 0.6) is 5.75 Å². The lowest BCUT2D eigenvalue weighted by Crippen LogP contribution is -2.41. The van der Waals surface area contributed by atoms with E-state index in [0.717, 1.165) is 17.9 Å². The smallest absolute Gasteiger partial charge is 0.240 e. The molecule has 0 atom stereocenters. The van der Waals surface area contributed by atoms with Crippen LogP contribution in [-0.4, -0.2) is 40.6 Å². The standard InChI is InChI=1S/C22H30N4O3S/c1-2-23-22(24-14-15-26-30(27,28)20-9-4-3-5-10-20)25-16-19-8-6-7-11-21(19)29-17-18-12-13-18/h3-11,18,26H,2,12-17H2,1H3,(H2,23,24,25). The number of benzene rings is 2. The van der Waals surface area contributed by atoms with Crippen LogP contribution in [0, 0.1) is 5.92 Å². The van der Waals surface area contributed by atoms with Gasteiger partial charge in [0.2, 0.25) is 10.0 Å². The van der Waals surface area contributed by atoms with E-state index in [9.17, 15) is 8.42 Å². The number of sulfonamides is 1.